The molecule has 5 atom stereocenters. The first-order chi connectivity index (χ1) is 22.2. The summed E-state index contributed by atoms with van der Waals surface area (Å²) in [6.45, 7) is 14.4. The molecule has 0 aliphatic carbocycles. The summed E-state index contributed by atoms with van der Waals surface area (Å²) in [5, 5.41) is 3.62. The van der Waals surface area contributed by atoms with E-state index in [0.29, 0.717) is 61.0 Å². The van der Waals surface area contributed by atoms with Crippen LogP contribution in [0.3, 0.4) is 0 Å². The van der Waals surface area contributed by atoms with Crippen LogP contribution in [0.25, 0.3) is 0 Å². The maximum Gasteiger partial charge on any atom is 0.272 e. The highest BCUT2D eigenvalue weighted by atomic mass is 19.1. The van der Waals surface area contributed by atoms with Gasteiger partial charge in [0, 0.05) is 56.9 Å². The van der Waals surface area contributed by atoms with E-state index in [1.54, 1.807) is 12.1 Å². The number of piperazine rings is 1. The van der Waals surface area contributed by atoms with E-state index >= 15 is 0 Å². The number of fused-ring (bicyclic) bond motifs is 1. The molecular weight excluding hydrogens is 587 g/mol. The summed E-state index contributed by atoms with van der Waals surface area (Å²) in [5.74, 6) is -0.127. The highest BCUT2D eigenvalue weighted by molar-refractivity contribution is 5.99. The molecule has 1 aromatic heterocycles. The topological polar surface area (TPSA) is 90.5 Å². The fourth-order valence-corrected chi connectivity index (χ4v) is 7.38. The summed E-state index contributed by atoms with van der Waals surface area (Å²) in [4.78, 5) is 41.4. The summed E-state index contributed by atoms with van der Waals surface area (Å²) in [6, 6.07) is 9.10. The first-order valence-corrected chi connectivity index (χ1v) is 17.0. The summed E-state index contributed by atoms with van der Waals surface area (Å²) < 4.78 is 25.6. The third kappa shape index (κ3) is 7.22. The van der Waals surface area contributed by atoms with Crippen molar-refractivity contribution in [3.63, 3.8) is 0 Å². The first-order valence-electron chi connectivity index (χ1n) is 17.0. The first kappa shape index (κ1) is 32.8. The number of hydrogen-bond donors (Lipinski definition) is 1. The van der Waals surface area contributed by atoms with Crippen LogP contribution in [0.5, 0.6) is 5.88 Å². The lowest BCUT2D eigenvalue weighted by atomic mass is 10.0. The van der Waals surface area contributed by atoms with Gasteiger partial charge >= 0.3 is 0 Å². The molecule has 3 fully saturated rings. The number of nitrogens with one attached hydrogen (secondary N) is 1. The maximum absolute atomic E-state index is 14.3. The Morgan fingerprint density at radius 2 is 1.70 bits per heavy atom. The van der Waals surface area contributed by atoms with Gasteiger partial charge in [-0.1, -0.05) is 12.1 Å². The predicted molar refractivity (Wildman–Crippen MR) is 175 cm³/mol. The predicted octanol–water partition coefficient (Wildman–Crippen LogP) is 3.32. The SMILES string of the molecule is CC1COc2nc(C(=O)N3CCCCC3)c(Cc3ccc(F)cc3)cc2N1C(=O)CN1C[C@@H](C)NC[C@@H]1CN1[C@H](C)COC[C@H]1C. The number of likely N-dealkylation sites (tertiary alicyclic amines) is 1. The van der Waals surface area contributed by atoms with E-state index in [0.717, 1.165) is 57.7 Å². The quantitative estimate of drug-likeness (QED) is 0.496. The minimum atomic E-state index is -0.311. The van der Waals surface area contributed by atoms with Gasteiger partial charge in [0.2, 0.25) is 11.8 Å². The van der Waals surface area contributed by atoms with Gasteiger partial charge in [0.05, 0.1) is 25.8 Å². The van der Waals surface area contributed by atoms with Crippen LogP contribution in [0.2, 0.25) is 0 Å². The second kappa shape index (κ2) is 14.3. The molecule has 6 rings (SSSR count). The van der Waals surface area contributed by atoms with Crippen molar-refractivity contribution in [2.45, 2.75) is 83.6 Å². The molecule has 250 valence electrons. The second-order valence-corrected chi connectivity index (χ2v) is 13.7. The molecule has 0 spiro atoms. The van der Waals surface area contributed by atoms with Crippen molar-refractivity contribution in [3.05, 3.63) is 53.0 Å². The van der Waals surface area contributed by atoms with Crippen molar-refractivity contribution in [1.82, 2.24) is 25.0 Å². The second-order valence-electron chi connectivity index (χ2n) is 13.7. The Balaban J connectivity index is 1.29. The Labute approximate surface area is 272 Å². The minimum Gasteiger partial charge on any atom is -0.474 e. The molecule has 46 heavy (non-hydrogen) atoms. The fraction of sp³-hybridized carbons (Fsp3) is 0.629. The Bertz CT molecular complexity index is 1380. The van der Waals surface area contributed by atoms with Crippen LogP contribution in [0.15, 0.2) is 30.3 Å². The average Bonchev–Trinajstić information content (AvgIpc) is 3.04. The molecule has 0 radical (unpaired) electrons. The van der Waals surface area contributed by atoms with Gasteiger partial charge in [0.25, 0.3) is 5.91 Å². The molecule has 1 unspecified atom stereocenters. The molecule has 5 heterocycles. The molecule has 4 aliphatic heterocycles. The molecule has 2 amide bonds. The number of ether oxygens (including phenoxy) is 2. The summed E-state index contributed by atoms with van der Waals surface area (Å²) in [6.07, 6.45) is 3.43. The van der Waals surface area contributed by atoms with E-state index < -0.39 is 0 Å². The normalized spacial score (nSPS) is 27.6. The summed E-state index contributed by atoms with van der Waals surface area (Å²) in [5.41, 5.74) is 2.51. The van der Waals surface area contributed by atoms with E-state index in [4.69, 9.17) is 14.5 Å². The lowest BCUT2D eigenvalue weighted by Gasteiger charge is -2.46. The molecule has 3 saturated heterocycles. The molecule has 1 N–H and O–H groups in total. The number of aromatic nitrogens is 1. The molecule has 10 nitrogen and oxygen atoms in total. The highest BCUT2D eigenvalue weighted by Gasteiger charge is 2.38. The number of carbonyl (C=O) groups excluding carboxylic acids is 2. The van der Waals surface area contributed by atoms with E-state index in [-0.39, 0.29) is 42.3 Å². The number of anilines is 1. The maximum atomic E-state index is 14.3. The van der Waals surface area contributed by atoms with Gasteiger partial charge in [-0.05, 0) is 82.7 Å². The van der Waals surface area contributed by atoms with Crippen molar-refractivity contribution < 1.29 is 23.5 Å². The molecular formula is C35H49FN6O4. The minimum absolute atomic E-state index is 0.0103. The third-order valence-electron chi connectivity index (χ3n) is 9.97. The van der Waals surface area contributed by atoms with E-state index in [9.17, 15) is 14.0 Å². The van der Waals surface area contributed by atoms with Gasteiger partial charge < -0.3 is 24.6 Å². The number of amides is 2. The van der Waals surface area contributed by atoms with Crippen LogP contribution in [0, 0.1) is 5.82 Å². The van der Waals surface area contributed by atoms with E-state index in [2.05, 4.69) is 35.9 Å². The average molecular weight is 637 g/mol. The number of benzene rings is 1. The number of halogens is 1. The van der Waals surface area contributed by atoms with Crippen LogP contribution in [-0.2, 0) is 16.0 Å². The Morgan fingerprint density at radius 1 is 0.978 bits per heavy atom. The lowest BCUT2D eigenvalue weighted by molar-refractivity contribution is -0.122. The van der Waals surface area contributed by atoms with Crippen molar-refractivity contribution in [2.24, 2.45) is 0 Å². The number of piperidine rings is 1. The zero-order valence-electron chi connectivity index (χ0n) is 27.7. The number of nitrogens with zero attached hydrogens (tertiary/aromatic N) is 5. The smallest absolute Gasteiger partial charge is 0.272 e. The van der Waals surface area contributed by atoms with Crippen LogP contribution < -0.4 is 15.0 Å². The van der Waals surface area contributed by atoms with Gasteiger partial charge in [-0.2, -0.15) is 0 Å². The number of rotatable bonds is 7. The van der Waals surface area contributed by atoms with Crippen molar-refractivity contribution in [2.75, 3.05) is 64.0 Å². The monoisotopic (exact) mass is 636 g/mol. The van der Waals surface area contributed by atoms with Gasteiger partial charge in [-0.25, -0.2) is 9.37 Å². The van der Waals surface area contributed by atoms with Crippen molar-refractivity contribution in [3.8, 4) is 5.88 Å². The molecule has 4 aliphatic rings. The fourth-order valence-electron chi connectivity index (χ4n) is 7.38. The molecule has 0 saturated carbocycles. The van der Waals surface area contributed by atoms with Crippen LogP contribution in [0.1, 0.15) is 68.6 Å². The van der Waals surface area contributed by atoms with Crippen LogP contribution in [0.4, 0.5) is 10.1 Å². The highest BCUT2D eigenvalue weighted by Crippen LogP contribution is 2.36. The van der Waals surface area contributed by atoms with Crippen molar-refractivity contribution >= 4 is 17.5 Å². The molecule has 11 heteroatoms. The zero-order valence-corrected chi connectivity index (χ0v) is 27.7. The number of hydrogen-bond acceptors (Lipinski definition) is 8. The Kier molecular flexibility index (Phi) is 10.2. The van der Waals surface area contributed by atoms with Gasteiger partial charge in [0.1, 0.15) is 23.8 Å². The Hall–Kier alpha value is -3.12. The number of morpholine rings is 1. The standard InChI is InChI=1S/C35H49FN6O4/c1-23-17-40(30(16-37-23)18-41-24(2)20-45-21-25(41)3)19-32(43)42-26(4)22-46-34-31(42)15-28(14-27-8-10-29(36)11-9-27)33(38-34)35(44)39-12-6-5-7-13-39/h8-11,15,23-26,30,37H,5-7,12-14,16-22H2,1-4H3/t23-,24-,25-,26?,30-/m1/s1. The number of carbonyl (C=O) groups is 2. The van der Waals surface area contributed by atoms with E-state index in [1.807, 2.05) is 22.8 Å². The van der Waals surface area contributed by atoms with Crippen LogP contribution in [-0.4, -0.2) is 121 Å². The zero-order chi connectivity index (χ0) is 32.4. The molecule has 0 bridgehead atoms. The Morgan fingerprint density at radius 3 is 2.41 bits per heavy atom. The lowest BCUT2D eigenvalue weighted by Crippen LogP contribution is -2.63. The van der Waals surface area contributed by atoms with Gasteiger partial charge in [-0.3, -0.25) is 19.4 Å². The van der Waals surface area contributed by atoms with Gasteiger partial charge in [0.15, 0.2) is 0 Å². The molecule has 2 aromatic rings. The summed E-state index contributed by atoms with van der Waals surface area (Å²) >= 11 is 0. The third-order valence-corrected chi connectivity index (χ3v) is 9.97. The van der Waals surface area contributed by atoms with E-state index in [1.165, 1.54) is 12.1 Å². The van der Waals surface area contributed by atoms with Crippen molar-refractivity contribution in [1.29, 1.82) is 0 Å². The van der Waals surface area contributed by atoms with Gasteiger partial charge in [-0.15, -0.1) is 0 Å². The number of pyridine rings is 1. The van der Waals surface area contributed by atoms with Crippen LogP contribution >= 0.6 is 0 Å². The summed E-state index contributed by atoms with van der Waals surface area (Å²) in [7, 11) is 0. The largest absolute Gasteiger partial charge is 0.474 e. The molecule has 1 aromatic carbocycles.